The molecule has 2 N–H and O–H groups in total. The lowest BCUT2D eigenvalue weighted by molar-refractivity contribution is 0.102. The fourth-order valence-electron chi connectivity index (χ4n) is 2.14. The van der Waals surface area contributed by atoms with Crippen molar-refractivity contribution in [2.45, 2.75) is 6.92 Å². The first-order valence-corrected chi connectivity index (χ1v) is 7.00. The van der Waals surface area contributed by atoms with Crippen LogP contribution in [0.1, 0.15) is 16.1 Å². The molecule has 2 aromatic carbocycles. The van der Waals surface area contributed by atoms with E-state index in [0.29, 0.717) is 11.3 Å². The van der Waals surface area contributed by atoms with Gasteiger partial charge >= 0.3 is 0 Å². The molecule has 4 heteroatoms. The number of hydrogen-bond acceptors (Lipinski definition) is 3. The Balaban J connectivity index is 1.67. The average molecular weight is 292 g/mol. The molecule has 110 valence electrons. The third-order valence-electron chi connectivity index (χ3n) is 3.31. The predicted molar refractivity (Wildman–Crippen MR) is 87.6 cm³/mol. The Morgan fingerprint density at radius 3 is 2.14 bits per heavy atom. The summed E-state index contributed by atoms with van der Waals surface area (Å²) in [5.41, 5.74) is 3.27. The Morgan fingerprint density at radius 1 is 0.864 bits per heavy atom. The first-order valence-electron chi connectivity index (χ1n) is 7.00. The van der Waals surface area contributed by atoms with Gasteiger partial charge in [-0.1, -0.05) is 18.2 Å². The van der Waals surface area contributed by atoms with Crippen molar-refractivity contribution in [2.75, 3.05) is 10.6 Å². The Morgan fingerprint density at radius 2 is 1.50 bits per heavy atom. The summed E-state index contributed by atoms with van der Waals surface area (Å²) < 4.78 is 5.14. The van der Waals surface area contributed by atoms with Gasteiger partial charge in [-0.25, -0.2) is 0 Å². The molecule has 3 rings (SSSR count). The molecular formula is C18H16N2O2. The highest BCUT2D eigenvalue weighted by Crippen LogP contribution is 2.19. The maximum atomic E-state index is 12.1. The molecule has 0 aliphatic heterocycles. The van der Waals surface area contributed by atoms with Gasteiger partial charge in [0, 0.05) is 17.1 Å². The van der Waals surface area contributed by atoms with Crippen molar-refractivity contribution in [1.82, 2.24) is 0 Å². The van der Waals surface area contributed by atoms with E-state index in [0.717, 1.165) is 17.1 Å². The fraction of sp³-hybridized carbons (Fsp3) is 0.0556. The summed E-state index contributed by atoms with van der Waals surface area (Å²) in [7, 11) is 0. The van der Waals surface area contributed by atoms with Gasteiger partial charge in [0.15, 0.2) is 0 Å². The third-order valence-corrected chi connectivity index (χ3v) is 3.31. The number of carbonyl (C=O) groups excluding carboxylic acids is 1. The quantitative estimate of drug-likeness (QED) is 0.739. The van der Waals surface area contributed by atoms with E-state index in [1.165, 1.54) is 6.26 Å². The average Bonchev–Trinajstić information content (AvgIpc) is 2.96. The zero-order valence-corrected chi connectivity index (χ0v) is 12.2. The van der Waals surface area contributed by atoms with Crippen LogP contribution in [0.3, 0.4) is 0 Å². The molecule has 0 fully saturated rings. The number of furan rings is 1. The highest BCUT2D eigenvalue weighted by Gasteiger charge is 2.11. The van der Waals surface area contributed by atoms with Crippen LogP contribution in [0.4, 0.5) is 17.1 Å². The highest BCUT2D eigenvalue weighted by atomic mass is 16.3. The number of amides is 1. The van der Waals surface area contributed by atoms with Gasteiger partial charge in [0.05, 0.1) is 11.8 Å². The lowest BCUT2D eigenvalue weighted by Gasteiger charge is -2.08. The van der Waals surface area contributed by atoms with Crippen LogP contribution in [0.2, 0.25) is 0 Å². The van der Waals surface area contributed by atoms with E-state index in [2.05, 4.69) is 10.6 Å². The molecule has 0 aliphatic carbocycles. The lowest BCUT2D eigenvalue weighted by atomic mass is 10.2. The van der Waals surface area contributed by atoms with Crippen LogP contribution < -0.4 is 10.6 Å². The monoisotopic (exact) mass is 292 g/mol. The van der Waals surface area contributed by atoms with E-state index in [1.807, 2.05) is 54.6 Å². The molecule has 1 aromatic heterocycles. The molecule has 0 atom stereocenters. The molecule has 3 aromatic rings. The summed E-state index contributed by atoms with van der Waals surface area (Å²) in [5.74, 6) is 0.440. The molecule has 0 unspecified atom stereocenters. The Labute approximate surface area is 128 Å². The van der Waals surface area contributed by atoms with Crippen molar-refractivity contribution < 1.29 is 9.21 Å². The van der Waals surface area contributed by atoms with E-state index < -0.39 is 0 Å². The van der Waals surface area contributed by atoms with E-state index in [9.17, 15) is 4.79 Å². The van der Waals surface area contributed by atoms with Gasteiger partial charge in [-0.15, -0.1) is 0 Å². The van der Waals surface area contributed by atoms with E-state index >= 15 is 0 Å². The number of rotatable bonds is 4. The highest BCUT2D eigenvalue weighted by molar-refractivity contribution is 6.04. The van der Waals surface area contributed by atoms with Gasteiger partial charge in [0.1, 0.15) is 5.76 Å². The summed E-state index contributed by atoms with van der Waals surface area (Å²) in [4.78, 5) is 12.1. The standard InChI is InChI=1S/C18H16N2O2/c1-13-17(11-12-22-13)18(21)20-16-9-7-15(8-10-16)19-14-5-3-2-4-6-14/h2-12,19H,1H3,(H,20,21). The second-order valence-electron chi connectivity index (χ2n) is 4.91. The molecule has 4 nitrogen and oxygen atoms in total. The summed E-state index contributed by atoms with van der Waals surface area (Å²) in [6, 6.07) is 19.1. The fourth-order valence-corrected chi connectivity index (χ4v) is 2.14. The maximum absolute atomic E-state index is 12.1. The van der Waals surface area contributed by atoms with Crippen LogP contribution in [0.5, 0.6) is 0 Å². The first kappa shape index (κ1) is 13.9. The molecule has 0 saturated heterocycles. The van der Waals surface area contributed by atoms with Gasteiger partial charge in [0.25, 0.3) is 5.91 Å². The number of anilines is 3. The Bertz CT molecular complexity index is 761. The Hall–Kier alpha value is -3.01. The van der Waals surface area contributed by atoms with Gasteiger partial charge < -0.3 is 15.1 Å². The van der Waals surface area contributed by atoms with Crippen LogP contribution in [0.25, 0.3) is 0 Å². The maximum Gasteiger partial charge on any atom is 0.259 e. The van der Waals surface area contributed by atoms with Gasteiger partial charge in [-0.2, -0.15) is 0 Å². The SMILES string of the molecule is Cc1occc1C(=O)Nc1ccc(Nc2ccccc2)cc1. The summed E-state index contributed by atoms with van der Waals surface area (Å²) in [6.45, 7) is 1.77. The van der Waals surface area contributed by atoms with Crippen molar-refractivity contribution in [2.24, 2.45) is 0 Å². The summed E-state index contributed by atoms with van der Waals surface area (Å²) >= 11 is 0. The van der Waals surface area contributed by atoms with Crippen LogP contribution >= 0.6 is 0 Å². The normalized spacial score (nSPS) is 10.2. The van der Waals surface area contributed by atoms with Crippen LogP contribution in [0, 0.1) is 6.92 Å². The number of carbonyl (C=O) groups is 1. The Kier molecular flexibility index (Phi) is 3.92. The van der Waals surface area contributed by atoms with Crippen molar-refractivity contribution >= 4 is 23.0 Å². The smallest absolute Gasteiger partial charge is 0.259 e. The minimum absolute atomic E-state index is 0.171. The van der Waals surface area contributed by atoms with E-state index in [1.54, 1.807) is 13.0 Å². The third kappa shape index (κ3) is 3.17. The van der Waals surface area contributed by atoms with Crippen molar-refractivity contribution in [3.63, 3.8) is 0 Å². The molecule has 0 aliphatic rings. The van der Waals surface area contributed by atoms with E-state index in [-0.39, 0.29) is 5.91 Å². The van der Waals surface area contributed by atoms with Crippen LogP contribution in [-0.2, 0) is 0 Å². The first-order chi connectivity index (χ1) is 10.7. The van der Waals surface area contributed by atoms with Gasteiger partial charge in [-0.05, 0) is 49.4 Å². The zero-order valence-electron chi connectivity index (χ0n) is 12.2. The molecule has 1 heterocycles. The van der Waals surface area contributed by atoms with Gasteiger partial charge in [0.2, 0.25) is 0 Å². The van der Waals surface area contributed by atoms with Crippen LogP contribution in [-0.4, -0.2) is 5.91 Å². The summed E-state index contributed by atoms with van der Waals surface area (Å²) in [6.07, 6.45) is 1.51. The number of para-hydroxylation sites is 1. The molecular weight excluding hydrogens is 276 g/mol. The van der Waals surface area contributed by atoms with Crippen LogP contribution in [0.15, 0.2) is 71.3 Å². The predicted octanol–water partition coefficient (Wildman–Crippen LogP) is 4.58. The zero-order chi connectivity index (χ0) is 15.4. The van der Waals surface area contributed by atoms with Crippen molar-refractivity contribution in [3.05, 3.63) is 78.3 Å². The van der Waals surface area contributed by atoms with Crippen molar-refractivity contribution in [1.29, 1.82) is 0 Å². The molecule has 0 radical (unpaired) electrons. The lowest BCUT2D eigenvalue weighted by Crippen LogP contribution is -2.11. The molecule has 0 bridgehead atoms. The number of nitrogens with one attached hydrogen (secondary N) is 2. The molecule has 22 heavy (non-hydrogen) atoms. The summed E-state index contributed by atoms with van der Waals surface area (Å²) in [5, 5.41) is 6.14. The second-order valence-corrected chi connectivity index (χ2v) is 4.91. The number of aryl methyl sites for hydroxylation is 1. The number of hydrogen-bond donors (Lipinski definition) is 2. The van der Waals surface area contributed by atoms with Gasteiger partial charge in [-0.3, -0.25) is 4.79 Å². The minimum atomic E-state index is -0.171. The molecule has 1 amide bonds. The largest absolute Gasteiger partial charge is 0.469 e. The van der Waals surface area contributed by atoms with Crippen molar-refractivity contribution in [3.8, 4) is 0 Å². The minimum Gasteiger partial charge on any atom is -0.469 e. The molecule has 0 spiro atoms. The molecule has 0 saturated carbocycles. The second kappa shape index (κ2) is 6.18. The topological polar surface area (TPSA) is 54.3 Å². The number of benzene rings is 2. The van der Waals surface area contributed by atoms with E-state index in [4.69, 9.17) is 4.42 Å².